The number of hydrogen-bond donors (Lipinski definition) is 2. The van der Waals surface area contributed by atoms with Gasteiger partial charge >= 0.3 is 6.18 Å². The lowest BCUT2D eigenvalue weighted by atomic mass is 9.83. The molecule has 1 rings (SSSR count). The molecule has 2 nitrogen and oxygen atoms in total. The predicted octanol–water partition coefficient (Wildman–Crippen LogP) is 3.54. The summed E-state index contributed by atoms with van der Waals surface area (Å²) in [5.41, 5.74) is 5.41. The third kappa shape index (κ3) is 3.96. The van der Waals surface area contributed by atoms with Crippen LogP contribution in [0.3, 0.4) is 0 Å². The largest absolute Gasteiger partial charge is 0.416 e. The Balaban J connectivity index is 3.06. The Labute approximate surface area is 117 Å². The molecular weight excluding hydrogens is 267 g/mol. The molecule has 0 aliphatic carbocycles. The Morgan fingerprint density at radius 1 is 1.20 bits per heavy atom. The molecule has 0 heterocycles. The average molecular weight is 289 g/mol. The second kappa shape index (κ2) is 7.09. The molecule has 2 atom stereocenters. The second-order valence-corrected chi connectivity index (χ2v) is 5.03. The molecule has 1 aromatic carbocycles. The van der Waals surface area contributed by atoms with Crippen LogP contribution in [0.15, 0.2) is 24.3 Å². The summed E-state index contributed by atoms with van der Waals surface area (Å²) in [5, 5.41) is 10.4. The molecule has 0 radical (unpaired) electrons. The number of rotatable bonds is 6. The van der Waals surface area contributed by atoms with E-state index in [0.717, 1.165) is 25.0 Å². The van der Waals surface area contributed by atoms with Crippen LogP contribution in [-0.2, 0) is 6.18 Å². The van der Waals surface area contributed by atoms with Gasteiger partial charge in [-0.1, -0.05) is 44.9 Å². The Kier molecular flexibility index (Phi) is 6.02. The van der Waals surface area contributed by atoms with Gasteiger partial charge in [0.25, 0.3) is 0 Å². The number of aliphatic hydroxyl groups is 1. The van der Waals surface area contributed by atoms with Crippen LogP contribution >= 0.6 is 0 Å². The van der Waals surface area contributed by atoms with Crippen molar-refractivity contribution in [2.24, 2.45) is 11.7 Å². The van der Waals surface area contributed by atoms with Crippen LogP contribution in [0.5, 0.6) is 0 Å². The Morgan fingerprint density at radius 3 is 2.25 bits per heavy atom. The molecule has 0 spiro atoms. The van der Waals surface area contributed by atoms with Crippen molar-refractivity contribution < 1.29 is 18.3 Å². The standard InChI is InChI=1S/C15H22F3NO/c1-3-10(4-2)14(20)13(9-19)11-6-5-7-12(8-11)15(16,17)18/h5-8,10,13-14,20H,3-4,9,19H2,1-2H3. The summed E-state index contributed by atoms with van der Waals surface area (Å²) in [6.07, 6.45) is -3.56. The lowest BCUT2D eigenvalue weighted by Crippen LogP contribution is -2.32. The van der Waals surface area contributed by atoms with Crippen LogP contribution in [0.2, 0.25) is 0 Å². The van der Waals surface area contributed by atoms with Crippen molar-refractivity contribution in [2.75, 3.05) is 6.54 Å². The Bertz CT molecular complexity index is 416. The monoisotopic (exact) mass is 289 g/mol. The van der Waals surface area contributed by atoms with Gasteiger partial charge in [-0.3, -0.25) is 0 Å². The zero-order chi connectivity index (χ0) is 15.3. The van der Waals surface area contributed by atoms with Crippen LogP contribution in [0.1, 0.15) is 43.7 Å². The van der Waals surface area contributed by atoms with Crippen LogP contribution in [0, 0.1) is 5.92 Å². The van der Waals surface area contributed by atoms with Crippen LogP contribution in [-0.4, -0.2) is 17.8 Å². The number of aliphatic hydroxyl groups excluding tert-OH is 1. The fourth-order valence-electron chi connectivity index (χ4n) is 2.52. The minimum atomic E-state index is -4.38. The maximum Gasteiger partial charge on any atom is 0.416 e. The van der Waals surface area contributed by atoms with E-state index in [4.69, 9.17) is 5.73 Å². The number of benzene rings is 1. The highest BCUT2D eigenvalue weighted by Gasteiger charge is 2.32. The Morgan fingerprint density at radius 2 is 1.80 bits per heavy atom. The first-order chi connectivity index (χ1) is 9.35. The molecule has 5 heteroatoms. The third-order valence-corrected chi connectivity index (χ3v) is 3.84. The van der Waals surface area contributed by atoms with E-state index in [1.165, 1.54) is 6.07 Å². The maximum atomic E-state index is 12.7. The third-order valence-electron chi connectivity index (χ3n) is 3.84. The summed E-state index contributed by atoms with van der Waals surface area (Å²) in [4.78, 5) is 0. The average Bonchev–Trinajstić information content (AvgIpc) is 2.40. The second-order valence-electron chi connectivity index (χ2n) is 5.03. The quantitative estimate of drug-likeness (QED) is 0.841. The molecule has 0 amide bonds. The fourth-order valence-corrected chi connectivity index (χ4v) is 2.52. The van der Waals surface area contributed by atoms with Gasteiger partial charge in [-0.05, 0) is 17.5 Å². The SMILES string of the molecule is CCC(CC)C(O)C(CN)c1cccc(C(F)(F)F)c1. The lowest BCUT2D eigenvalue weighted by molar-refractivity contribution is -0.137. The van der Waals surface area contributed by atoms with Gasteiger partial charge in [-0.25, -0.2) is 0 Å². The summed E-state index contributed by atoms with van der Waals surface area (Å²) < 4.78 is 38.2. The van der Waals surface area contributed by atoms with Gasteiger partial charge in [-0.15, -0.1) is 0 Å². The molecule has 2 unspecified atom stereocenters. The van der Waals surface area contributed by atoms with Crippen molar-refractivity contribution in [3.05, 3.63) is 35.4 Å². The predicted molar refractivity (Wildman–Crippen MR) is 73.3 cm³/mol. The first kappa shape index (κ1) is 17.0. The molecule has 114 valence electrons. The molecule has 0 fully saturated rings. The highest BCUT2D eigenvalue weighted by Crippen LogP contribution is 2.33. The molecule has 0 aliphatic heterocycles. The number of hydrogen-bond acceptors (Lipinski definition) is 2. The molecule has 0 saturated carbocycles. The van der Waals surface area contributed by atoms with Crippen LogP contribution in [0.4, 0.5) is 13.2 Å². The van der Waals surface area contributed by atoms with Crippen molar-refractivity contribution in [1.82, 2.24) is 0 Å². The van der Waals surface area contributed by atoms with E-state index in [1.807, 2.05) is 13.8 Å². The first-order valence-electron chi connectivity index (χ1n) is 6.90. The number of alkyl halides is 3. The zero-order valence-corrected chi connectivity index (χ0v) is 11.8. The molecule has 0 aliphatic rings. The molecule has 0 bridgehead atoms. The van der Waals surface area contributed by atoms with Gasteiger partial charge in [0.2, 0.25) is 0 Å². The van der Waals surface area contributed by atoms with Gasteiger partial charge in [0.15, 0.2) is 0 Å². The summed E-state index contributed by atoms with van der Waals surface area (Å²) in [5.74, 6) is -0.430. The summed E-state index contributed by atoms with van der Waals surface area (Å²) in [6, 6.07) is 5.07. The van der Waals surface area contributed by atoms with E-state index in [1.54, 1.807) is 6.07 Å². The van der Waals surface area contributed by atoms with Gasteiger partial charge < -0.3 is 10.8 Å². The molecule has 0 saturated heterocycles. The number of nitrogens with two attached hydrogens (primary N) is 1. The first-order valence-corrected chi connectivity index (χ1v) is 6.90. The summed E-state index contributed by atoms with van der Waals surface area (Å²) >= 11 is 0. The number of halogens is 3. The van der Waals surface area contributed by atoms with E-state index in [0.29, 0.717) is 5.56 Å². The van der Waals surface area contributed by atoms with E-state index in [2.05, 4.69) is 0 Å². The molecule has 3 N–H and O–H groups in total. The zero-order valence-electron chi connectivity index (χ0n) is 11.8. The smallest absolute Gasteiger partial charge is 0.392 e. The van der Waals surface area contributed by atoms with E-state index < -0.39 is 23.8 Å². The van der Waals surface area contributed by atoms with Crippen molar-refractivity contribution in [3.63, 3.8) is 0 Å². The van der Waals surface area contributed by atoms with E-state index in [-0.39, 0.29) is 12.5 Å². The topological polar surface area (TPSA) is 46.2 Å². The van der Waals surface area contributed by atoms with Crippen LogP contribution in [0.25, 0.3) is 0 Å². The minimum absolute atomic E-state index is 0.0399. The van der Waals surface area contributed by atoms with Crippen LogP contribution < -0.4 is 5.73 Å². The van der Waals surface area contributed by atoms with Crippen molar-refractivity contribution >= 4 is 0 Å². The molecular formula is C15H22F3NO. The van der Waals surface area contributed by atoms with Crippen molar-refractivity contribution in [1.29, 1.82) is 0 Å². The molecule has 20 heavy (non-hydrogen) atoms. The summed E-state index contributed by atoms with van der Waals surface area (Å²) in [6.45, 7) is 4.03. The molecule has 0 aromatic heterocycles. The van der Waals surface area contributed by atoms with Gasteiger partial charge in [0, 0.05) is 12.5 Å². The van der Waals surface area contributed by atoms with Crippen molar-refractivity contribution in [2.45, 2.75) is 44.9 Å². The minimum Gasteiger partial charge on any atom is -0.392 e. The lowest BCUT2D eigenvalue weighted by Gasteiger charge is -2.28. The maximum absolute atomic E-state index is 12.7. The molecule has 1 aromatic rings. The fraction of sp³-hybridized carbons (Fsp3) is 0.600. The van der Waals surface area contributed by atoms with Gasteiger partial charge in [0.1, 0.15) is 0 Å². The van der Waals surface area contributed by atoms with E-state index in [9.17, 15) is 18.3 Å². The highest BCUT2D eigenvalue weighted by atomic mass is 19.4. The van der Waals surface area contributed by atoms with Crippen molar-refractivity contribution in [3.8, 4) is 0 Å². The normalized spacial score (nSPS) is 15.4. The summed E-state index contributed by atoms with van der Waals surface area (Å²) in [7, 11) is 0. The van der Waals surface area contributed by atoms with E-state index >= 15 is 0 Å². The van der Waals surface area contributed by atoms with Gasteiger partial charge in [0.05, 0.1) is 11.7 Å². The highest BCUT2D eigenvalue weighted by molar-refractivity contribution is 5.29. The Hall–Kier alpha value is -1.07. The van der Waals surface area contributed by atoms with Gasteiger partial charge in [-0.2, -0.15) is 13.2 Å².